The van der Waals surface area contributed by atoms with Crippen LogP contribution in [0, 0.1) is 11.8 Å². The summed E-state index contributed by atoms with van der Waals surface area (Å²) in [4.78, 5) is 45.3. The Bertz CT molecular complexity index is 887. The summed E-state index contributed by atoms with van der Waals surface area (Å²) < 4.78 is 12.6. The third kappa shape index (κ3) is 4.62. The third-order valence-electron chi connectivity index (χ3n) is 8.31. The number of cyclic esters (lactones) is 1. The summed E-state index contributed by atoms with van der Waals surface area (Å²) in [6.07, 6.45) is 14.8. The van der Waals surface area contributed by atoms with Crippen LogP contribution >= 0.6 is 0 Å². The topological polar surface area (TPSA) is 96.4 Å². The fourth-order valence-corrected chi connectivity index (χ4v) is 6.45. The fourth-order valence-electron chi connectivity index (χ4n) is 6.45. The Hall–Kier alpha value is -2.19. The zero-order valence-corrected chi connectivity index (χ0v) is 21.8. The highest BCUT2D eigenvalue weighted by Gasteiger charge is 2.75. The van der Waals surface area contributed by atoms with Crippen LogP contribution in [0.15, 0.2) is 24.3 Å². The van der Waals surface area contributed by atoms with Gasteiger partial charge in [-0.1, -0.05) is 44.6 Å². The number of likely N-dealkylation sites (tertiary alicyclic amines) is 1. The molecule has 5 atom stereocenters. The highest BCUT2D eigenvalue weighted by molar-refractivity contribution is 5.99. The van der Waals surface area contributed by atoms with Gasteiger partial charge in [0.2, 0.25) is 11.8 Å². The number of nitrogens with zero attached hydrogens (tertiary/aromatic N) is 2. The second kappa shape index (κ2) is 11.5. The van der Waals surface area contributed by atoms with Crippen LogP contribution in [0.2, 0.25) is 0 Å². The summed E-state index contributed by atoms with van der Waals surface area (Å²) in [5, 5.41) is 9.20. The second-order valence-corrected chi connectivity index (χ2v) is 10.5. The minimum Gasteiger partial charge on any atom is -0.465 e. The van der Waals surface area contributed by atoms with Crippen LogP contribution in [0.4, 0.5) is 0 Å². The normalized spacial score (nSPS) is 35.2. The molecule has 0 aliphatic carbocycles. The van der Waals surface area contributed by atoms with Crippen molar-refractivity contribution in [2.75, 3.05) is 32.8 Å². The van der Waals surface area contributed by atoms with E-state index in [9.17, 15) is 19.5 Å². The van der Waals surface area contributed by atoms with Gasteiger partial charge >= 0.3 is 5.97 Å². The van der Waals surface area contributed by atoms with Gasteiger partial charge in [0, 0.05) is 26.2 Å². The molecule has 0 aromatic rings. The summed E-state index contributed by atoms with van der Waals surface area (Å²) in [5.74, 6) is -2.36. The Kier molecular flexibility index (Phi) is 8.56. The molecule has 2 fully saturated rings. The number of rotatable bonds is 9. The molecule has 0 radical (unpaired) electrons. The predicted molar refractivity (Wildman–Crippen MR) is 135 cm³/mol. The van der Waals surface area contributed by atoms with Crippen LogP contribution in [-0.4, -0.2) is 82.8 Å². The van der Waals surface area contributed by atoms with Gasteiger partial charge in [0.25, 0.3) is 0 Å². The molecular weight excluding hydrogens is 460 g/mol. The molecule has 8 heteroatoms. The average molecular weight is 503 g/mol. The molecule has 4 rings (SSSR count). The molecule has 2 amide bonds. The van der Waals surface area contributed by atoms with Crippen molar-refractivity contribution in [3.8, 4) is 0 Å². The van der Waals surface area contributed by atoms with Crippen molar-refractivity contribution in [3.05, 3.63) is 24.3 Å². The van der Waals surface area contributed by atoms with Crippen molar-refractivity contribution < 1.29 is 29.0 Å². The van der Waals surface area contributed by atoms with Crippen molar-refractivity contribution in [1.82, 2.24) is 9.80 Å². The molecule has 4 aliphatic heterocycles. The Balaban J connectivity index is 1.79. The first kappa shape index (κ1) is 26.9. The summed E-state index contributed by atoms with van der Waals surface area (Å²) in [7, 11) is 0. The fraction of sp³-hybridized carbons (Fsp3) is 0.750. The van der Waals surface area contributed by atoms with Crippen LogP contribution in [0.3, 0.4) is 0 Å². The van der Waals surface area contributed by atoms with Gasteiger partial charge in [0.1, 0.15) is 23.2 Å². The largest absolute Gasteiger partial charge is 0.465 e. The lowest BCUT2D eigenvalue weighted by molar-refractivity contribution is -0.161. The first-order chi connectivity index (χ1) is 17.5. The zero-order chi connectivity index (χ0) is 25.8. The van der Waals surface area contributed by atoms with E-state index in [4.69, 9.17) is 9.47 Å². The number of unbranched alkanes of at least 4 members (excludes halogenated alkanes) is 3. The van der Waals surface area contributed by atoms with Crippen LogP contribution in [0.1, 0.15) is 71.6 Å². The molecule has 1 unspecified atom stereocenters. The number of carbonyl (C=O) groups excluding carboxylic acids is 3. The lowest BCUT2D eigenvalue weighted by Gasteiger charge is -2.38. The molecule has 1 N–H and O–H groups in total. The summed E-state index contributed by atoms with van der Waals surface area (Å²) in [6, 6.07) is -0.818. The van der Waals surface area contributed by atoms with Gasteiger partial charge in [0.15, 0.2) is 0 Å². The molecule has 4 heterocycles. The molecule has 0 saturated carbocycles. The molecule has 0 aromatic carbocycles. The number of aliphatic hydroxyl groups is 1. The maximum absolute atomic E-state index is 14.2. The number of hydrogen-bond donors (Lipinski definition) is 1. The van der Waals surface area contributed by atoms with E-state index in [2.05, 4.69) is 13.0 Å². The third-order valence-corrected chi connectivity index (χ3v) is 8.31. The minimum atomic E-state index is -1.22. The Morgan fingerprint density at radius 2 is 1.81 bits per heavy atom. The van der Waals surface area contributed by atoms with Crippen molar-refractivity contribution >= 4 is 17.8 Å². The number of carbonyl (C=O) groups is 3. The van der Waals surface area contributed by atoms with Crippen LogP contribution in [-0.2, 0) is 23.9 Å². The van der Waals surface area contributed by atoms with E-state index in [1.807, 2.05) is 30.1 Å². The highest BCUT2D eigenvalue weighted by atomic mass is 16.6. The number of hydrogen-bond acceptors (Lipinski definition) is 6. The molecule has 2 saturated heterocycles. The van der Waals surface area contributed by atoms with Gasteiger partial charge in [0.05, 0.1) is 12.5 Å². The smallest absolute Gasteiger partial charge is 0.313 e. The second-order valence-electron chi connectivity index (χ2n) is 10.5. The number of ether oxygens (including phenoxy) is 2. The Morgan fingerprint density at radius 3 is 2.56 bits per heavy atom. The standard InChI is InChI=1S/C28H42N2O6/c1-3-5-16-29-17-13-15-28-21(24(32)30(23(28)25(29)33)18-10-8-11-19-31)22-26(34)35-20-12-7-6-9-14-27(22,4-2)36-28/h9,13-15,21-23,31H,3-8,10-12,16-20H2,1-2H3/b14-9-/t21-,22+,23?,27-,28-/m0/s1. The van der Waals surface area contributed by atoms with Gasteiger partial charge in [-0.3, -0.25) is 14.4 Å². The number of aliphatic hydroxyl groups excluding tert-OH is 1. The first-order valence-corrected chi connectivity index (χ1v) is 13.9. The molecule has 8 nitrogen and oxygen atoms in total. The van der Waals surface area contributed by atoms with Gasteiger partial charge in [-0.2, -0.15) is 0 Å². The quantitative estimate of drug-likeness (QED) is 0.296. The molecule has 4 aliphatic rings. The van der Waals surface area contributed by atoms with Crippen molar-refractivity contribution in [2.24, 2.45) is 11.8 Å². The van der Waals surface area contributed by atoms with Gasteiger partial charge in [-0.15, -0.1) is 0 Å². The number of esters is 1. The number of fused-ring (bicyclic) bond motifs is 2. The van der Waals surface area contributed by atoms with E-state index in [1.54, 1.807) is 4.90 Å². The van der Waals surface area contributed by atoms with Gasteiger partial charge < -0.3 is 24.4 Å². The molecule has 200 valence electrons. The van der Waals surface area contributed by atoms with E-state index in [0.29, 0.717) is 45.5 Å². The maximum atomic E-state index is 14.2. The number of amides is 2. The zero-order valence-electron chi connectivity index (χ0n) is 21.8. The highest BCUT2D eigenvalue weighted by Crippen LogP contribution is 2.58. The van der Waals surface area contributed by atoms with E-state index in [0.717, 1.165) is 38.5 Å². The summed E-state index contributed by atoms with van der Waals surface area (Å²) >= 11 is 0. The molecular formula is C28H42N2O6. The molecule has 0 bridgehead atoms. The van der Waals surface area contributed by atoms with Crippen LogP contribution in [0.5, 0.6) is 0 Å². The molecule has 0 aromatic heterocycles. The van der Waals surface area contributed by atoms with Crippen molar-refractivity contribution in [3.63, 3.8) is 0 Å². The lowest BCUT2D eigenvalue weighted by Crippen LogP contribution is -2.56. The Morgan fingerprint density at radius 1 is 0.972 bits per heavy atom. The first-order valence-electron chi connectivity index (χ1n) is 13.9. The average Bonchev–Trinajstić information content (AvgIpc) is 3.23. The Labute approximate surface area is 214 Å². The molecule has 36 heavy (non-hydrogen) atoms. The predicted octanol–water partition coefficient (Wildman–Crippen LogP) is 2.99. The van der Waals surface area contributed by atoms with E-state index >= 15 is 0 Å². The van der Waals surface area contributed by atoms with Crippen LogP contribution in [0.25, 0.3) is 0 Å². The van der Waals surface area contributed by atoms with E-state index < -0.39 is 35.0 Å². The minimum absolute atomic E-state index is 0.0960. The SMILES string of the molecule is CCCCN1CC=C[C@]23O[C@@]4(CC)/C=C\CCCCOC(=O)[C@H]4[C@H]2C(=O)N(CCCCCO)C3C1=O. The monoisotopic (exact) mass is 502 g/mol. The lowest BCUT2D eigenvalue weighted by atomic mass is 9.73. The van der Waals surface area contributed by atoms with Crippen molar-refractivity contribution in [2.45, 2.75) is 88.9 Å². The maximum Gasteiger partial charge on any atom is 0.313 e. The summed E-state index contributed by atoms with van der Waals surface area (Å²) in [6.45, 7) is 5.95. The van der Waals surface area contributed by atoms with Gasteiger partial charge in [-0.25, -0.2) is 0 Å². The van der Waals surface area contributed by atoms with E-state index in [1.165, 1.54) is 0 Å². The number of allylic oxidation sites excluding steroid dienone is 1. The van der Waals surface area contributed by atoms with E-state index in [-0.39, 0.29) is 18.4 Å². The van der Waals surface area contributed by atoms with Crippen molar-refractivity contribution in [1.29, 1.82) is 0 Å². The molecule has 1 spiro atoms. The van der Waals surface area contributed by atoms with Gasteiger partial charge in [-0.05, 0) is 51.4 Å². The summed E-state index contributed by atoms with van der Waals surface area (Å²) in [5.41, 5.74) is -2.22. The van der Waals surface area contributed by atoms with Crippen LogP contribution < -0.4 is 0 Å².